The summed E-state index contributed by atoms with van der Waals surface area (Å²) in [6.45, 7) is 3.41. The number of aromatic hydroxyl groups is 1. The number of nitrogens with zero attached hydrogens (tertiary/aromatic N) is 4. The van der Waals surface area contributed by atoms with Gasteiger partial charge in [-0.3, -0.25) is 0 Å². The Labute approximate surface area is 198 Å². The molecule has 0 aliphatic carbocycles. The molecule has 7 nitrogen and oxygen atoms in total. The normalized spacial score (nSPS) is 24.8. The summed E-state index contributed by atoms with van der Waals surface area (Å²) in [4.78, 5) is 14.2. The van der Waals surface area contributed by atoms with E-state index in [0.717, 1.165) is 37.3 Å². The lowest BCUT2D eigenvalue weighted by Gasteiger charge is -2.34. The summed E-state index contributed by atoms with van der Waals surface area (Å²) in [5, 5.41) is 14.9. The third-order valence-corrected chi connectivity index (χ3v) is 7.53. The Bertz CT molecular complexity index is 1190. The van der Waals surface area contributed by atoms with Crippen molar-refractivity contribution < 1.29 is 14.2 Å². The van der Waals surface area contributed by atoms with Gasteiger partial charge in [-0.05, 0) is 69.1 Å². The molecular weight excluding hydrogens is 433 g/mol. The van der Waals surface area contributed by atoms with Gasteiger partial charge in [0.15, 0.2) is 0 Å². The van der Waals surface area contributed by atoms with Gasteiger partial charge in [0.2, 0.25) is 0 Å². The lowest BCUT2D eigenvalue weighted by Crippen LogP contribution is -2.51. The molecule has 2 unspecified atom stereocenters. The van der Waals surface area contributed by atoms with Crippen LogP contribution in [0.25, 0.3) is 22.0 Å². The van der Waals surface area contributed by atoms with E-state index in [4.69, 9.17) is 14.7 Å². The van der Waals surface area contributed by atoms with Crippen molar-refractivity contribution in [3.63, 3.8) is 0 Å². The molecule has 3 saturated heterocycles. The molecule has 2 bridgehead atoms. The van der Waals surface area contributed by atoms with Gasteiger partial charge >= 0.3 is 6.01 Å². The van der Waals surface area contributed by atoms with Crippen LogP contribution in [-0.4, -0.2) is 71.4 Å². The third-order valence-electron chi connectivity index (χ3n) is 7.53. The maximum absolute atomic E-state index is 14.6. The van der Waals surface area contributed by atoms with Crippen LogP contribution in [0.3, 0.4) is 0 Å². The van der Waals surface area contributed by atoms with Gasteiger partial charge in [-0.1, -0.05) is 12.1 Å². The van der Waals surface area contributed by atoms with Crippen molar-refractivity contribution in [2.45, 2.75) is 43.8 Å². The fourth-order valence-corrected chi connectivity index (χ4v) is 5.68. The average Bonchev–Trinajstić information content (AvgIpc) is 3.40. The first kappa shape index (κ1) is 21.6. The first-order chi connectivity index (χ1) is 16.5. The number of phenolic OH excluding ortho intramolecular Hbond substituents is 1. The maximum Gasteiger partial charge on any atom is 0.319 e. The summed E-state index contributed by atoms with van der Waals surface area (Å²) in [5.41, 5.74) is 1.44. The molecule has 2 aromatic carbocycles. The van der Waals surface area contributed by atoms with E-state index in [9.17, 15) is 9.50 Å². The highest BCUT2D eigenvalue weighted by atomic mass is 19.1. The van der Waals surface area contributed by atoms with Crippen molar-refractivity contribution in [1.82, 2.24) is 20.2 Å². The van der Waals surface area contributed by atoms with Crippen molar-refractivity contribution in [2.75, 3.05) is 38.2 Å². The Balaban J connectivity index is 1.41. The second-order valence-electron chi connectivity index (χ2n) is 9.83. The Kier molecular flexibility index (Phi) is 5.50. The number of hydrogen-bond donors (Lipinski definition) is 2. The molecular formula is C26H30FN5O2. The number of aromatic nitrogens is 2. The molecule has 34 heavy (non-hydrogen) atoms. The zero-order valence-electron chi connectivity index (χ0n) is 19.4. The van der Waals surface area contributed by atoms with E-state index in [-0.39, 0.29) is 11.3 Å². The summed E-state index contributed by atoms with van der Waals surface area (Å²) < 4.78 is 20.7. The van der Waals surface area contributed by atoms with E-state index in [1.807, 2.05) is 18.2 Å². The van der Waals surface area contributed by atoms with Gasteiger partial charge in [0.05, 0.1) is 11.1 Å². The van der Waals surface area contributed by atoms with Crippen LogP contribution < -0.4 is 15.0 Å². The van der Waals surface area contributed by atoms with Crippen molar-refractivity contribution in [1.29, 1.82) is 0 Å². The van der Waals surface area contributed by atoms with E-state index < -0.39 is 5.82 Å². The number of ether oxygens (including phenoxy) is 1. The number of piperazine rings is 1. The predicted molar refractivity (Wildman–Crippen MR) is 130 cm³/mol. The van der Waals surface area contributed by atoms with E-state index >= 15 is 0 Å². The number of anilines is 1. The van der Waals surface area contributed by atoms with E-state index in [1.165, 1.54) is 37.5 Å². The van der Waals surface area contributed by atoms with Crippen LogP contribution in [-0.2, 0) is 0 Å². The predicted octanol–water partition coefficient (Wildman–Crippen LogP) is 3.56. The smallest absolute Gasteiger partial charge is 0.319 e. The van der Waals surface area contributed by atoms with Crippen LogP contribution in [0, 0.1) is 5.82 Å². The van der Waals surface area contributed by atoms with Gasteiger partial charge in [-0.15, -0.1) is 0 Å². The molecule has 3 aliphatic rings. The van der Waals surface area contributed by atoms with E-state index in [0.29, 0.717) is 41.8 Å². The van der Waals surface area contributed by atoms with Crippen molar-refractivity contribution >= 4 is 16.7 Å². The van der Waals surface area contributed by atoms with E-state index in [2.05, 4.69) is 22.2 Å². The number of nitrogens with one attached hydrogen (secondary N) is 1. The molecule has 0 saturated carbocycles. The van der Waals surface area contributed by atoms with Gasteiger partial charge in [0.1, 0.15) is 24.0 Å². The molecule has 3 atom stereocenters. The van der Waals surface area contributed by atoms with E-state index in [1.54, 1.807) is 0 Å². The van der Waals surface area contributed by atoms with Gasteiger partial charge in [-0.25, -0.2) is 4.39 Å². The second kappa shape index (κ2) is 8.67. The Morgan fingerprint density at radius 2 is 1.94 bits per heavy atom. The molecule has 3 fully saturated rings. The summed E-state index contributed by atoms with van der Waals surface area (Å²) in [6.07, 6.45) is 4.64. The summed E-state index contributed by atoms with van der Waals surface area (Å²) in [7, 11) is 2.12. The zero-order chi connectivity index (χ0) is 23.2. The standard InChI is InChI=1S/C26H30FN5O2/c1-31-11-3-4-19(31)15-34-26-29-22-12-16(24-21(27)5-2-6-23(24)33)7-10-20(22)25(30-26)32-13-17-8-9-18(14-32)28-17/h2,5-7,10,12,17-19,28,33H,3-4,8-9,11,13-15H2,1H3/t17?,18?,19-/m0/s1. The monoisotopic (exact) mass is 463 g/mol. The number of likely N-dealkylation sites (N-methyl/N-ethyl adjacent to an activating group) is 1. The van der Waals surface area contributed by atoms with Crippen molar-refractivity contribution in [3.8, 4) is 22.9 Å². The number of phenols is 1. The van der Waals surface area contributed by atoms with Gasteiger partial charge in [-0.2, -0.15) is 9.97 Å². The van der Waals surface area contributed by atoms with Gasteiger partial charge in [0.25, 0.3) is 0 Å². The molecule has 3 aromatic rings. The number of halogens is 1. The molecule has 6 rings (SSSR count). The van der Waals surface area contributed by atoms with Gasteiger partial charge in [0, 0.05) is 36.6 Å². The molecule has 0 radical (unpaired) electrons. The minimum absolute atomic E-state index is 0.0898. The summed E-state index contributed by atoms with van der Waals surface area (Å²) in [6, 6.07) is 11.6. The first-order valence-corrected chi connectivity index (χ1v) is 12.2. The Morgan fingerprint density at radius 3 is 2.68 bits per heavy atom. The SMILES string of the molecule is CN1CCC[C@H]1COc1nc(N2CC3CCC(C2)N3)c2ccc(-c3c(O)cccc3F)cc2n1. The van der Waals surface area contributed by atoms with Crippen molar-refractivity contribution in [3.05, 3.63) is 42.2 Å². The molecule has 3 aliphatic heterocycles. The Hall–Kier alpha value is -2.97. The number of rotatable bonds is 5. The van der Waals surface area contributed by atoms with Crippen LogP contribution in [0.2, 0.25) is 0 Å². The molecule has 2 N–H and O–H groups in total. The quantitative estimate of drug-likeness (QED) is 0.599. The van der Waals surface area contributed by atoms with Crippen molar-refractivity contribution in [2.24, 2.45) is 0 Å². The molecule has 4 heterocycles. The molecule has 178 valence electrons. The maximum atomic E-state index is 14.6. The van der Waals surface area contributed by atoms with Crippen LogP contribution >= 0.6 is 0 Å². The largest absolute Gasteiger partial charge is 0.507 e. The van der Waals surface area contributed by atoms with Crippen LogP contribution in [0.4, 0.5) is 10.2 Å². The van der Waals surface area contributed by atoms with Crippen LogP contribution in [0.1, 0.15) is 25.7 Å². The summed E-state index contributed by atoms with van der Waals surface area (Å²) in [5.74, 6) is 0.309. The second-order valence-corrected chi connectivity index (χ2v) is 9.83. The molecule has 0 amide bonds. The average molecular weight is 464 g/mol. The number of benzene rings is 2. The van der Waals surface area contributed by atoms with Crippen LogP contribution in [0.15, 0.2) is 36.4 Å². The molecule has 8 heteroatoms. The highest BCUT2D eigenvalue weighted by Gasteiger charge is 2.34. The topological polar surface area (TPSA) is 73.8 Å². The number of hydrogen-bond acceptors (Lipinski definition) is 7. The first-order valence-electron chi connectivity index (χ1n) is 12.2. The minimum atomic E-state index is -0.465. The fraction of sp³-hybridized carbons (Fsp3) is 0.462. The Morgan fingerprint density at radius 1 is 1.12 bits per heavy atom. The lowest BCUT2D eigenvalue weighted by molar-refractivity contribution is 0.188. The fourth-order valence-electron chi connectivity index (χ4n) is 5.68. The highest BCUT2D eigenvalue weighted by Crippen LogP contribution is 2.36. The van der Waals surface area contributed by atoms with Gasteiger partial charge < -0.3 is 25.0 Å². The van der Waals surface area contributed by atoms with Crippen LogP contribution in [0.5, 0.6) is 11.8 Å². The summed E-state index contributed by atoms with van der Waals surface area (Å²) >= 11 is 0. The third kappa shape index (κ3) is 3.95. The minimum Gasteiger partial charge on any atom is -0.507 e. The molecule has 0 spiro atoms. The molecule has 1 aromatic heterocycles. The number of fused-ring (bicyclic) bond motifs is 3. The lowest BCUT2D eigenvalue weighted by atomic mass is 10.0. The number of likely N-dealkylation sites (tertiary alicyclic amines) is 1. The highest BCUT2D eigenvalue weighted by molar-refractivity contribution is 5.93. The zero-order valence-corrected chi connectivity index (χ0v) is 19.4.